The number of aromatic nitrogens is 1. The molecule has 6 heteroatoms. The van der Waals surface area contributed by atoms with Gasteiger partial charge in [-0.25, -0.2) is 4.98 Å². The van der Waals surface area contributed by atoms with E-state index in [0.717, 1.165) is 34.7 Å². The number of nitrogens with one attached hydrogen (secondary N) is 1. The zero-order valence-corrected chi connectivity index (χ0v) is 13.0. The number of rotatable bonds is 4. The van der Waals surface area contributed by atoms with E-state index >= 15 is 0 Å². The lowest BCUT2D eigenvalue weighted by Gasteiger charge is -2.25. The first-order valence-corrected chi connectivity index (χ1v) is 7.75. The van der Waals surface area contributed by atoms with Crippen LogP contribution in [0, 0.1) is 0 Å². The van der Waals surface area contributed by atoms with Gasteiger partial charge in [-0.1, -0.05) is 27.3 Å². The lowest BCUT2D eigenvalue weighted by molar-refractivity contribution is -0.00619. The number of methoxy groups -OCH3 is 1. The molecule has 1 saturated heterocycles. The van der Waals surface area contributed by atoms with Crippen molar-refractivity contribution in [1.82, 2.24) is 4.98 Å². The van der Waals surface area contributed by atoms with Crippen LogP contribution in [-0.2, 0) is 9.47 Å². The van der Waals surface area contributed by atoms with Gasteiger partial charge in [0.25, 0.3) is 0 Å². The van der Waals surface area contributed by atoms with Crippen molar-refractivity contribution in [1.29, 1.82) is 0 Å². The Hall–Kier alpha value is -0.690. The Kier molecular flexibility index (Phi) is 3.75. The van der Waals surface area contributed by atoms with Gasteiger partial charge in [-0.05, 0) is 18.2 Å². The molecule has 1 aromatic heterocycles. The highest BCUT2D eigenvalue weighted by Gasteiger charge is 2.34. The Balaban J connectivity index is 1.74. The van der Waals surface area contributed by atoms with Crippen LogP contribution in [0.3, 0.4) is 0 Å². The molecule has 0 saturated carbocycles. The standard InChI is InChI=1S/C13H15BrN2O2S/c1-17-13(4-5-18-8-13)7-15-12-16-10-3-2-9(14)6-11(10)19-12/h2-3,6H,4-5,7-8H2,1H3,(H,15,16). The second kappa shape index (κ2) is 5.36. The van der Waals surface area contributed by atoms with Crippen molar-refractivity contribution in [3.8, 4) is 0 Å². The number of nitrogens with zero attached hydrogens (tertiary/aromatic N) is 1. The summed E-state index contributed by atoms with van der Waals surface area (Å²) in [5.41, 5.74) is 0.808. The van der Waals surface area contributed by atoms with Gasteiger partial charge in [-0.3, -0.25) is 0 Å². The van der Waals surface area contributed by atoms with Gasteiger partial charge in [0.15, 0.2) is 5.13 Å². The van der Waals surface area contributed by atoms with Crippen LogP contribution in [0.1, 0.15) is 6.42 Å². The Labute approximate surface area is 124 Å². The minimum Gasteiger partial charge on any atom is -0.378 e. The number of halogens is 1. The van der Waals surface area contributed by atoms with E-state index in [-0.39, 0.29) is 5.60 Å². The maximum Gasteiger partial charge on any atom is 0.183 e. The second-order valence-corrected chi connectivity index (χ2v) is 6.62. The fourth-order valence-electron chi connectivity index (χ4n) is 2.17. The van der Waals surface area contributed by atoms with Crippen molar-refractivity contribution in [3.63, 3.8) is 0 Å². The van der Waals surface area contributed by atoms with Crippen LogP contribution in [-0.4, -0.2) is 37.5 Å². The molecule has 2 heterocycles. The summed E-state index contributed by atoms with van der Waals surface area (Å²) in [6.45, 7) is 2.14. The van der Waals surface area contributed by atoms with Crippen LogP contribution in [0.2, 0.25) is 0 Å². The van der Waals surface area contributed by atoms with E-state index in [9.17, 15) is 0 Å². The maximum absolute atomic E-state index is 5.60. The topological polar surface area (TPSA) is 43.4 Å². The summed E-state index contributed by atoms with van der Waals surface area (Å²) in [5.74, 6) is 0. The predicted molar refractivity (Wildman–Crippen MR) is 81.0 cm³/mol. The highest BCUT2D eigenvalue weighted by molar-refractivity contribution is 9.10. The summed E-state index contributed by atoms with van der Waals surface area (Å²) in [4.78, 5) is 4.57. The summed E-state index contributed by atoms with van der Waals surface area (Å²) in [6.07, 6.45) is 0.924. The van der Waals surface area contributed by atoms with Gasteiger partial charge in [0.05, 0.1) is 16.8 Å². The van der Waals surface area contributed by atoms with Crippen LogP contribution in [0.4, 0.5) is 5.13 Å². The molecule has 0 amide bonds. The first-order chi connectivity index (χ1) is 9.21. The molecule has 0 aliphatic carbocycles. The molecule has 0 bridgehead atoms. The van der Waals surface area contributed by atoms with Gasteiger partial charge in [-0.15, -0.1) is 0 Å². The first-order valence-electron chi connectivity index (χ1n) is 6.14. The lowest BCUT2D eigenvalue weighted by atomic mass is 10.0. The number of benzene rings is 1. The summed E-state index contributed by atoms with van der Waals surface area (Å²) < 4.78 is 13.3. The second-order valence-electron chi connectivity index (χ2n) is 4.67. The Bertz CT molecular complexity index is 581. The summed E-state index contributed by atoms with van der Waals surface area (Å²) in [6, 6.07) is 6.11. The molecule has 1 N–H and O–H groups in total. The molecular weight excluding hydrogens is 328 g/mol. The van der Waals surface area contributed by atoms with Crippen LogP contribution in [0.15, 0.2) is 22.7 Å². The fourth-order valence-corrected chi connectivity index (χ4v) is 3.59. The summed E-state index contributed by atoms with van der Waals surface area (Å²) in [7, 11) is 1.74. The van der Waals surface area contributed by atoms with Gasteiger partial charge in [0, 0.05) is 31.2 Å². The largest absolute Gasteiger partial charge is 0.378 e. The fraction of sp³-hybridized carbons (Fsp3) is 0.462. The number of thiazole rings is 1. The molecule has 1 aliphatic heterocycles. The van der Waals surface area contributed by atoms with Crippen molar-refractivity contribution < 1.29 is 9.47 Å². The highest BCUT2D eigenvalue weighted by Crippen LogP contribution is 2.30. The van der Waals surface area contributed by atoms with Crippen molar-refractivity contribution in [2.45, 2.75) is 12.0 Å². The quantitative estimate of drug-likeness (QED) is 0.925. The van der Waals surface area contributed by atoms with E-state index in [0.29, 0.717) is 6.61 Å². The van der Waals surface area contributed by atoms with E-state index in [4.69, 9.17) is 9.47 Å². The van der Waals surface area contributed by atoms with Gasteiger partial charge in [-0.2, -0.15) is 0 Å². The molecule has 2 aromatic rings. The monoisotopic (exact) mass is 342 g/mol. The minimum absolute atomic E-state index is 0.210. The number of fused-ring (bicyclic) bond motifs is 1. The molecule has 102 valence electrons. The molecule has 0 spiro atoms. The van der Waals surface area contributed by atoms with Crippen LogP contribution < -0.4 is 5.32 Å². The zero-order chi connectivity index (χ0) is 13.3. The zero-order valence-electron chi connectivity index (χ0n) is 10.6. The van der Waals surface area contributed by atoms with Crippen LogP contribution >= 0.6 is 27.3 Å². The first kappa shape index (κ1) is 13.3. The Morgan fingerprint density at radius 2 is 2.47 bits per heavy atom. The normalized spacial score (nSPS) is 23.1. The van der Waals surface area contributed by atoms with Crippen molar-refractivity contribution >= 4 is 42.6 Å². The van der Waals surface area contributed by atoms with Crippen LogP contribution in [0.25, 0.3) is 10.2 Å². The molecule has 19 heavy (non-hydrogen) atoms. The molecule has 1 atom stereocenters. The molecule has 1 fully saturated rings. The third-order valence-electron chi connectivity index (χ3n) is 3.41. The third kappa shape index (κ3) is 2.76. The van der Waals surface area contributed by atoms with E-state index in [1.54, 1.807) is 18.4 Å². The molecule has 3 rings (SSSR count). The summed E-state index contributed by atoms with van der Waals surface area (Å²) in [5, 5.41) is 4.30. The smallest absolute Gasteiger partial charge is 0.183 e. The SMILES string of the molecule is COC1(CNc2nc3ccc(Br)cc3s2)CCOC1. The van der Waals surface area contributed by atoms with E-state index in [2.05, 4.69) is 32.3 Å². The predicted octanol–water partition coefficient (Wildman–Crippen LogP) is 3.28. The molecule has 1 aliphatic rings. The van der Waals surface area contributed by atoms with Crippen LogP contribution in [0.5, 0.6) is 0 Å². The Morgan fingerprint density at radius 1 is 1.58 bits per heavy atom. The van der Waals surface area contributed by atoms with E-state index in [1.165, 1.54) is 4.70 Å². The van der Waals surface area contributed by atoms with Crippen molar-refractivity contribution in [2.24, 2.45) is 0 Å². The average molecular weight is 343 g/mol. The van der Waals surface area contributed by atoms with E-state index < -0.39 is 0 Å². The van der Waals surface area contributed by atoms with E-state index in [1.807, 2.05) is 12.1 Å². The molecule has 1 unspecified atom stereocenters. The Morgan fingerprint density at radius 3 is 3.21 bits per heavy atom. The number of hydrogen-bond donors (Lipinski definition) is 1. The van der Waals surface area contributed by atoms with Crippen molar-refractivity contribution in [2.75, 3.05) is 32.2 Å². The summed E-state index contributed by atoms with van der Waals surface area (Å²) >= 11 is 5.13. The van der Waals surface area contributed by atoms with Gasteiger partial charge in [0.1, 0.15) is 5.60 Å². The molecule has 1 aromatic carbocycles. The maximum atomic E-state index is 5.60. The van der Waals surface area contributed by atoms with Gasteiger partial charge >= 0.3 is 0 Å². The van der Waals surface area contributed by atoms with Gasteiger partial charge < -0.3 is 14.8 Å². The van der Waals surface area contributed by atoms with Crippen molar-refractivity contribution in [3.05, 3.63) is 22.7 Å². The highest BCUT2D eigenvalue weighted by atomic mass is 79.9. The number of anilines is 1. The number of ether oxygens (including phenoxy) is 2. The lowest BCUT2D eigenvalue weighted by Crippen LogP contribution is -2.39. The van der Waals surface area contributed by atoms with Gasteiger partial charge in [0.2, 0.25) is 0 Å². The molecule has 4 nitrogen and oxygen atoms in total. The average Bonchev–Trinajstić information content (AvgIpc) is 3.02. The third-order valence-corrected chi connectivity index (χ3v) is 4.88. The minimum atomic E-state index is -0.210. The molecule has 0 radical (unpaired) electrons. The molecular formula is C13H15BrN2O2S. The number of hydrogen-bond acceptors (Lipinski definition) is 5.